The number of aromatic nitrogens is 2. The van der Waals surface area contributed by atoms with Crippen molar-refractivity contribution in [1.82, 2.24) is 14.7 Å². The van der Waals surface area contributed by atoms with Crippen molar-refractivity contribution in [2.45, 2.75) is 19.5 Å². The number of likely N-dealkylation sites (tertiary alicyclic amines) is 1. The summed E-state index contributed by atoms with van der Waals surface area (Å²) < 4.78 is 20.7. The number of hydrogen-bond acceptors (Lipinski definition) is 4. The molecule has 1 saturated heterocycles. The van der Waals surface area contributed by atoms with Gasteiger partial charge in [-0.1, -0.05) is 12.1 Å². The minimum absolute atomic E-state index is 0.238. The normalized spacial score (nSPS) is 16.1. The van der Waals surface area contributed by atoms with Crippen molar-refractivity contribution >= 4 is 12.2 Å². The van der Waals surface area contributed by atoms with E-state index in [1.807, 2.05) is 0 Å². The fraction of sp³-hybridized carbons (Fsp3) is 0.385. The Morgan fingerprint density at radius 1 is 1.26 bits per heavy atom. The third-order valence-corrected chi connectivity index (χ3v) is 3.54. The van der Waals surface area contributed by atoms with E-state index in [1.54, 1.807) is 22.9 Å². The van der Waals surface area contributed by atoms with Crippen LogP contribution in [-0.4, -0.2) is 27.8 Å². The van der Waals surface area contributed by atoms with Crippen LogP contribution in [0.2, 0.25) is 0 Å². The van der Waals surface area contributed by atoms with Gasteiger partial charge in [-0.2, -0.15) is 0 Å². The second-order valence-electron chi connectivity index (χ2n) is 4.62. The van der Waals surface area contributed by atoms with Crippen LogP contribution >= 0.6 is 12.2 Å². The standard InChI is InChI=1S/C13H14FN3OS/c14-11-6-2-1-5-10(11)12-15-17(13(19)18-12)9-16-7-3-4-8-16/h1-2,5-6H,3-4,7-9H2. The van der Waals surface area contributed by atoms with Crippen LogP contribution in [-0.2, 0) is 6.67 Å². The zero-order chi connectivity index (χ0) is 13.2. The second kappa shape index (κ2) is 5.22. The Labute approximate surface area is 115 Å². The number of halogens is 1. The van der Waals surface area contributed by atoms with Crippen LogP contribution in [0.25, 0.3) is 11.5 Å². The van der Waals surface area contributed by atoms with Gasteiger partial charge in [-0.25, -0.2) is 9.07 Å². The van der Waals surface area contributed by atoms with Gasteiger partial charge in [0.1, 0.15) is 5.82 Å². The summed E-state index contributed by atoms with van der Waals surface area (Å²) in [5.74, 6) is -0.116. The van der Waals surface area contributed by atoms with Gasteiger partial charge in [0.2, 0.25) is 5.89 Å². The highest BCUT2D eigenvalue weighted by atomic mass is 32.1. The lowest BCUT2D eigenvalue weighted by atomic mass is 10.2. The molecule has 0 spiro atoms. The Hall–Kier alpha value is -1.53. The highest BCUT2D eigenvalue weighted by Gasteiger charge is 2.16. The Morgan fingerprint density at radius 3 is 2.74 bits per heavy atom. The first-order valence-electron chi connectivity index (χ1n) is 6.29. The van der Waals surface area contributed by atoms with E-state index in [2.05, 4.69) is 10.00 Å². The van der Waals surface area contributed by atoms with Gasteiger partial charge < -0.3 is 4.42 Å². The summed E-state index contributed by atoms with van der Waals surface area (Å²) in [7, 11) is 0. The molecule has 2 heterocycles. The average molecular weight is 279 g/mol. The molecule has 1 aromatic carbocycles. The van der Waals surface area contributed by atoms with Gasteiger partial charge in [0.25, 0.3) is 4.84 Å². The number of rotatable bonds is 3. The van der Waals surface area contributed by atoms with Crippen LogP contribution < -0.4 is 0 Å². The quantitative estimate of drug-likeness (QED) is 0.809. The first-order chi connectivity index (χ1) is 9.24. The Kier molecular flexibility index (Phi) is 3.44. The van der Waals surface area contributed by atoms with Crippen molar-refractivity contribution in [2.24, 2.45) is 0 Å². The Balaban J connectivity index is 1.89. The fourth-order valence-electron chi connectivity index (χ4n) is 2.25. The van der Waals surface area contributed by atoms with E-state index in [0.717, 1.165) is 13.1 Å². The average Bonchev–Trinajstić information content (AvgIpc) is 3.02. The van der Waals surface area contributed by atoms with Gasteiger partial charge in [-0.15, -0.1) is 5.10 Å². The van der Waals surface area contributed by atoms with Crippen molar-refractivity contribution in [3.05, 3.63) is 34.9 Å². The lowest BCUT2D eigenvalue weighted by Crippen LogP contribution is -2.23. The summed E-state index contributed by atoms with van der Waals surface area (Å²) in [5, 5.41) is 4.27. The van der Waals surface area contributed by atoms with E-state index in [4.69, 9.17) is 16.6 Å². The maximum atomic E-state index is 13.7. The molecular formula is C13H14FN3OS. The van der Waals surface area contributed by atoms with Gasteiger partial charge in [0.05, 0.1) is 12.2 Å². The molecule has 3 rings (SSSR count). The lowest BCUT2D eigenvalue weighted by Gasteiger charge is -2.12. The van der Waals surface area contributed by atoms with Gasteiger partial charge in [0.15, 0.2) is 0 Å². The molecule has 1 aromatic heterocycles. The first kappa shape index (κ1) is 12.5. The van der Waals surface area contributed by atoms with Crippen molar-refractivity contribution < 1.29 is 8.81 Å². The zero-order valence-corrected chi connectivity index (χ0v) is 11.2. The minimum atomic E-state index is -0.355. The van der Waals surface area contributed by atoms with E-state index in [9.17, 15) is 4.39 Å². The molecule has 2 aromatic rings. The molecule has 0 saturated carbocycles. The maximum absolute atomic E-state index is 13.7. The monoisotopic (exact) mass is 279 g/mol. The van der Waals surface area contributed by atoms with E-state index in [-0.39, 0.29) is 16.5 Å². The van der Waals surface area contributed by atoms with Gasteiger partial charge in [0, 0.05) is 0 Å². The van der Waals surface area contributed by atoms with Gasteiger partial charge in [-0.3, -0.25) is 4.90 Å². The van der Waals surface area contributed by atoms with Crippen LogP contribution in [0.4, 0.5) is 4.39 Å². The van der Waals surface area contributed by atoms with Crippen molar-refractivity contribution in [3.8, 4) is 11.5 Å². The smallest absolute Gasteiger partial charge is 0.288 e. The summed E-state index contributed by atoms with van der Waals surface area (Å²) in [6.45, 7) is 2.70. The SMILES string of the molecule is Fc1ccccc1-c1nn(CN2CCCC2)c(=S)o1. The predicted octanol–water partition coefficient (Wildman–Crippen LogP) is 3.06. The van der Waals surface area contributed by atoms with E-state index in [0.29, 0.717) is 12.2 Å². The molecule has 0 atom stereocenters. The van der Waals surface area contributed by atoms with Crippen LogP contribution in [0.3, 0.4) is 0 Å². The molecule has 1 fully saturated rings. The van der Waals surface area contributed by atoms with E-state index in [1.165, 1.54) is 18.9 Å². The second-order valence-corrected chi connectivity index (χ2v) is 4.97. The Morgan fingerprint density at radius 2 is 2.00 bits per heavy atom. The van der Waals surface area contributed by atoms with Crippen molar-refractivity contribution in [2.75, 3.05) is 13.1 Å². The van der Waals surface area contributed by atoms with Crippen LogP contribution in [0.15, 0.2) is 28.7 Å². The van der Waals surface area contributed by atoms with Crippen LogP contribution in [0.1, 0.15) is 12.8 Å². The largest absolute Gasteiger partial charge is 0.409 e. The molecule has 0 radical (unpaired) electrons. The maximum Gasteiger partial charge on any atom is 0.288 e. The van der Waals surface area contributed by atoms with E-state index < -0.39 is 0 Å². The lowest BCUT2D eigenvalue weighted by molar-refractivity contribution is 0.249. The zero-order valence-electron chi connectivity index (χ0n) is 10.4. The van der Waals surface area contributed by atoms with Gasteiger partial charge in [-0.05, 0) is 50.3 Å². The summed E-state index contributed by atoms with van der Waals surface area (Å²) in [4.78, 5) is 2.54. The minimum Gasteiger partial charge on any atom is -0.409 e. The third-order valence-electron chi connectivity index (χ3n) is 3.24. The molecule has 6 heteroatoms. The molecule has 1 aliphatic heterocycles. The summed E-state index contributed by atoms with van der Waals surface area (Å²) >= 11 is 5.14. The molecule has 0 unspecified atom stereocenters. The van der Waals surface area contributed by atoms with Crippen molar-refractivity contribution in [1.29, 1.82) is 0 Å². The fourth-order valence-corrected chi connectivity index (χ4v) is 2.43. The summed E-state index contributed by atoms with van der Waals surface area (Å²) in [5.41, 5.74) is 0.341. The highest BCUT2D eigenvalue weighted by Crippen LogP contribution is 2.21. The third kappa shape index (κ3) is 2.59. The molecule has 19 heavy (non-hydrogen) atoms. The molecule has 0 aliphatic carbocycles. The molecule has 0 N–H and O–H groups in total. The first-order valence-corrected chi connectivity index (χ1v) is 6.70. The van der Waals surface area contributed by atoms with Crippen LogP contribution in [0.5, 0.6) is 0 Å². The van der Waals surface area contributed by atoms with Crippen molar-refractivity contribution in [3.63, 3.8) is 0 Å². The summed E-state index contributed by atoms with van der Waals surface area (Å²) in [6, 6.07) is 6.40. The Bertz CT molecular complexity index is 631. The molecule has 100 valence electrons. The molecular weight excluding hydrogens is 265 g/mol. The van der Waals surface area contributed by atoms with E-state index >= 15 is 0 Å². The predicted molar refractivity (Wildman–Crippen MR) is 71.5 cm³/mol. The molecule has 0 bridgehead atoms. The topological polar surface area (TPSA) is 34.2 Å². The molecule has 0 amide bonds. The number of nitrogens with zero attached hydrogens (tertiary/aromatic N) is 3. The summed E-state index contributed by atoms with van der Waals surface area (Å²) in [6.07, 6.45) is 2.40. The molecule has 4 nitrogen and oxygen atoms in total. The van der Waals surface area contributed by atoms with Gasteiger partial charge >= 0.3 is 0 Å². The van der Waals surface area contributed by atoms with Crippen LogP contribution in [0, 0.1) is 10.7 Å². The highest BCUT2D eigenvalue weighted by molar-refractivity contribution is 7.71. The number of hydrogen-bond donors (Lipinski definition) is 0. The number of benzene rings is 1. The molecule has 1 aliphatic rings.